The largest absolute Gasteiger partial charge is 0.445 e. The first kappa shape index (κ1) is 15.7. The zero-order chi connectivity index (χ0) is 16.6. The second-order valence-corrected chi connectivity index (χ2v) is 5.15. The first-order valence-corrected chi connectivity index (χ1v) is 7.72. The number of aromatic nitrogens is 3. The van der Waals surface area contributed by atoms with Crippen LogP contribution in [0.1, 0.15) is 17.7 Å². The third-order valence-corrected chi connectivity index (χ3v) is 3.40. The number of carbonyl (C=O) groups excluding carboxylic acids is 1. The highest BCUT2D eigenvalue weighted by Crippen LogP contribution is 2.05. The molecule has 3 rings (SSSR count). The van der Waals surface area contributed by atoms with Gasteiger partial charge in [-0.1, -0.05) is 36.4 Å². The first-order chi connectivity index (χ1) is 11.8. The summed E-state index contributed by atoms with van der Waals surface area (Å²) in [4.78, 5) is 20.0. The Hall–Kier alpha value is -3.15. The third kappa shape index (κ3) is 4.19. The summed E-state index contributed by atoms with van der Waals surface area (Å²) in [6.07, 6.45) is 9.61. The topological polar surface area (TPSA) is 68.5 Å². The molecule has 0 aliphatic carbocycles. The minimum absolute atomic E-state index is 0.275. The van der Waals surface area contributed by atoms with Crippen molar-refractivity contribution in [3.05, 3.63) is 72.3 Å². The predicted molar refractivity (Wildman–Crippen MR) is 91.3 cm³/mol. The van der Waals surface area contributed by atoms with Crippen molar-refractivity contribution in [2.24, 2.45) is 0 Å². The monoisotopic (exact) mass is 322 g/mol. The van der Waals surface area contributed by atoms with Crippen molar-refractivity contribution in [1.29, 1.82) is 0 Å². The fourth-order valence-corrected chi connectivity index (χ4v) is 2.21. The molecule has 0 aliphatic heterocycles. The molecule has 3 aromatic rings. The Balaban J connectivity index is 1.39. The van der Waals surface area contributed by atoms with Crippen LogP contribution in [0.5, 0.6) is 0 Å². The molecule has 2 aromatic heterocycles. The minimum Gasteiger partial charge on any atom is -0.445 e. The molecule has 0 fully saturated rings. The van der Waals surface area contributed by atoms with E-state index in [1.165, 1.54) is 0 Å². The maximum Gasteiger partial charge on any atom is 0.407 e. The van der Waals surface area contributed by atoms with Crippen molar-refractivity contribution in [3.63, 3.8) is 0 Å². The molecule has 1 aromatic carbocycles. The molecule has 0 atom stereocenters. The second-order valence-electron chi connectivity index (χ2n) is 5.15. The van der Waals surface area contributed by atoms with Crippen molar-refractivity contribution >= 4 is 17.9 Å². The zero-order valence-electron chi connectivity index (χ0n) is 13.1. The van der Waals surface area contributed by atoms with E-state index >= 15 is 0 Å². The molecular formula is C18H18N4O2. The SMILES string of the molecule is O=C(NCCC=Cc1cnc2ncccn12)OCc1ccccc1. The van der Waals surface area contributed by atoms with Crippen LogP contribution >= 0.6 is 0 Å². The maximum atomic E-state index is 11.6. The molecule has 6 nitrogen and oxygen atoms in total. The van der Waals surface area contributed by atoms with Gasteiger partial charge >= 0.3 is 6.09 Å². The van der Waals surface area contributed by atoms with E-state index in [1.807, 2.05) is 59.1 Å². The van der Waals surface area contributed by atoms with Crippen LogP contribution in [0.3, 0.4) is 0 Å². The number of nitrogens with zero attached hydrogens (tertiary/aromatic N) is 3. The number of imidazole rings is 1. The fourth-order valence-electron chi connectivity index (χ4n) is 2.21. The average Bonchev–Trinajstić information content (AvgIpc) is 3.04. The highest BCUT2D eigenvalue weighted by atomic mass is 16.5. The molecule has 0 bridgehead atoms. The van der Waals surface area contributed by atoms with Crippen LogP contribution in [-0.4, -0.2) is 27.0 Å². The molecule has 0 saturated heterocycles. The van der Waals surface area contributed by atoms with Crippen molar-refractivity contribution in [2.75, 3.05) is 6.54 Å². The molecule has 1 N–H and O–H groups in total. The van der Waals surface area contributed by atoms with E-state index in [2.05, 4.69) is 15.3 Å². The fraction of sp³-hybridized carbons (Fsp3) is 0.167. The van der Waals surface area contributed by atoms with Gasteiger partial charge < -0.3 is 10.1 Å². The van der Waals surface area contributed by atoms with Gasteiger partial charge in [0.25, 0.3) is 0 Å². The Morgan fingerprint density at radius 2 is 2.08 bits per heavy atom. The molecule has 0 radical (unpaired) electrons. The van der Waals surface area contributed by atoms with Crippen molar-refractivity contribution in [2.45, 2.75) is 13.0 Å². The standard InChI is InChI=1S/C18H18N4O2/c23-18(24-14-15-7-2-1-3-8-15)20-10-5-4-9-16-13-21-17-19-11-6-12-22(16)17/h1-4,6-9,11-13H,5,10,14H2,(H,20,23). The van der Waals surface area contributed by atoms with Gasteiger partial charge in [0.15, 0.2) is 0 Å². The minimum atomic E-state index is -0.411. The Kier molecular flexibility index (Phi) is 5.19. The molecule has 0 saturated carbocycles. The summed E-state index contributed by atoms with van der Waals surface area (Å²) in [6.45, 7) is 0.788. The number of carbonyl (C=O) groups is 1. The molecule has 6 heteroatoms. The number of hydrogen-bond acceptors (Lipinski definition) is 4. The van der Waals surface area contributed by atoms with Gasteiger partial charge in [0.2, 0.25) is 5.78 Å². The number of rotatable bonds is 6. The Labute approximate surface area is 139 Å². The maximum absolute atomic E-state index is 11.6. The van der Waals surface area contributed by atoms with E-state index < -0.39 is 6.09 Å². The van der Waals surface area contributed by atoms with E-state index in [4.69, 9.17) is 4.74 Å². The number of ether oxygens (including phenoxy) is 1. The normalized spacial score (nSPS) is 11.0. The number of hydrogen-bond donors (Lipinski definition) is 1. The van der Waals surface area contributed by atoms with Crippen LogP contribution in [0.4, 0.5) is 4.79 Å². The quantitative estimate of drug-likeness (QED) is 0.708. The number of benzene rings is 1. The zero-order valence-corrected chi connectivity index (χ0v) is 13.1. The van der Waals surface area contributed by atoms with E-state index in [0.717, 1.165) is 11.3 Å². The first-order valence-electron chi connectivity index (χ1n) is 7.72. The van der Waals surface area contributed by atoms with Crippen LogP contribution in [0.2, 0.25) is 0 Å². The molecule has 0 unspecified atom stereocenters. The lowest BCUT2D eigenvalue weighted by Gasteiger charge is -2.05. The smallest absolute Gasteiger partial charge is 0.407 e. The van der Waals surface area contributed by atoms with Gasteiger partial charge in [-0.2, -0.15) is 0 Å². The summed E-state index contributed by atoms with van der Waals surface area (Å²) in [5.74, 6) is 0.666. The van der Waals surface area contributed by atoms with E-state index in [0.29, 0.717) is 18.7 Å². The van der Waals surface area contributed by atoms with Gasteiger partial charge in [-0.05, 0) is 24.1 Å². The second kappa shape index (κ2) is 7.92. The van der Waals surface area contributed by atoms with E-state index in [-0.39, 0.29) is 6.61 Å². The number of fused-ring (bicyclic) bond motifs is 1. The van der Waals surface area contributed by atoms with Gasteiger partial charge in [-0.3, -0.25) is 4.40 Å². The summed E-state index contributed by atoms with van der Waals surface area (Å²) in [6, 6.07) is 11.4. The molecule has 0 aliphatic rings. The highest BCUT2D eigenvalue weighted by Gasteiger charge is 2.01. The summed E-state index contributed by atoms with van der Waals surface area (Å²) in [7, 11) is 0. The third-order valence-electron chi connectivity index (χ3n) is 3.40. The number of amides is 1. The van der Waals surface area contributed by atoms with Gasteiger partial charge in [-0.15, -0.1) is 0 Å². The van der Waals surface area contributed by atoms with Crippen LogP contribution in [0.15, 0.2) is 61.1 Å². The summed E-state index contributed by atoms with van der Waals surface area (Å²) in [5, 5.41) is 2.72. The number of alkyl carbamates (subject to hydrolysis) is 1. The average molecular weight is 322 g/mol. The summed E-state index contributed by atoms with van der Waals surface area (Å²) >= 11 is 0. The molecule has 24 heavy (non-hydrogen) atoms. The number of nitrogens with one attached hydrogen (secondary N) is 1. The van der Waals surface area contributed by atoms with Crippen molar-refractivity contribution < 1.29 is 9.53 Å². The van der Waals surface area contributed by atoms with Crippen LogP contribution in [-0.2, 0) is 11.3 Å². The van der Waals surface area contributed by atoms with E-state index in [1.54, 1.807) is 12.4 Å². The highest BCUT2D eigenvalue weighted by molar-refractivity contribution is 5.67. The van der Waals surface area contributed by atoms with Gasteiger partial charge in [-0.25, -0.2) is 14.8 Å². The summed E-state index contributed by atoms with van der Waals surface area (Å²) < 4.78 is 7.04. The summed E-state index contributed by atoms with van der Waals surface area (Å²) in [5.41, 5.74) is 1.92. The van der Waals surface area contributed by atoms with Crippen LogP contribution in [0.25, 0.3) is 11.9 Å². The Bertz CT molecular complexity index is 827. The lowest BCUT2D eigenvalue weighted by molar-refractivity contribution is 0.140. The van der Waals surface area contributed by atoms with Crippen molar-refractivity contribution in [3.8, 4) is 0 Å². The van der Waals surface area contributed by atoms with Crippen molar-refractivity contribution in [1.82, 2.24) is 19.7 Å². The lowest BCUT2D eigenvalue weighted by Crippen LogP contribution is -2.24. The van der Waals surface area contributed by atoms with Gasteiger partial charge in [0.05, 0.1) is 11.9 Å². The predicted octanol–water partition coefficient (Wildman–Crippen LogP) is 3.06. The van der Waals surface area contributed by atoms with Gasteiger partial charge in [0, 0.05) is 18.9 Å². The van der Waals surface area contributed by atoms with Crippen LogP contribution < -0.4 is 5.32 Å². The lowest BCUT2D eigenvalue weighted by atomic mass is 10.2. The molecule has 2 heterocycles. The van der Waals surface area contributed by atoms with Crippen LogP contribution in [0, 0.1) is 0 Å². The van der Waals surface area contributed by atoms with Gasteiger partial charge in [0.1, 0.15) is 6.61 Å². The molecule has 1 amide bonds. The Morgan fingerprint density at radius 1 is 1.21 bits per heavy atom. The Morgan fingerprint density at radius 3 is 2.96 bits per heavy atom. The molecular weight excluding hydrogens is 304 g/mol. The molecule has 122 valence electrons. The molecule has 0 spiro atoms. The van der Waals surface area contributed by atoms with E-state index in [9.17, 15) is 4.79 Å².